The molecule has 1 aliphatic rings. The summed E-state index contributed by atoms with van der Waals surface area (Å²) in [7, 11) is 0. The van der Waals surface area contributed by atoms with Crippen molar-refractivity contribution in [2.24, 2.45) is 0 Å². The minimum Gasteiger partial charge on any atom is -0.267 e. The molecule has 1 saturated heterocycles. The first kappa shape index (κ1) is 20.0. The van der Waals surface area contributed by atoms with Crippen LogP contribution in [0.3, 0.4) is 0 Å². The Morgan fingerprint density at radius 3 is 2.09 bits per heavy atom. The van der Waals surface area contributed by atoms with Crippen molar-refractivity contribution < 1.29 is 9.59 Å². The molecule has 0 spiro atoms. The lowest BCUT2D eigenvalue weighted by Gasteiger charge is -2.13. The van der Waals surface area contributed by atoms with Crippen LogP contribution in [0.5, 0.6) is 0 Å². The number of amides is 2. The molecule has 6 nitrogen and oxygen atoms in total. The summed E-state index contributed by atoms with van der Waals surface area (Å²) in [4.78, 5) is 25.7. The van der Waals surface area contributed by atoms with Gasteiger partial charge in [-0.1, -0.05) is 64.5 Å². The quantitative estimate of drug-likeness (QED) is 0.335. The van der Waals surface area contributed by atoms with E-state index >= 15 is 0 Å². The van der Waals surface area contributed by atoms with E-state index in [1.807, 2.05) is 79.0 Å². The van der Waals surface area contributed by atoms with E-state index in [-0.39, 0.29) is 5.57 Å². The number of aromatic nitrogens is 2. The molecule has 2 amide bonds. The Bertz CT molecular complexity index is 1330. The molecule has 0 unspecified atom stereocenters. The molecule has 2 heterocycles. The van der Waals surface area contributed by atoms with Crippen LogP contribution in [0.2, 0.25) is 0 Å². The second kappa shape index (κ2) is 8.28. The highest BCUT2D eigenvalue weighted by atomic mass is 79.9. The van der Waals surface area contributed by atoms with Crippen LogP contribution >= 0.6 is 15.9 Å². The smallest absolute Gasteiger partial charge is 0.267 e. The Labute approximate surface area is 192 Å². The third-order valence-corrected chi connectivity index (χ3v) is 5.62. The number of carbonyl (C=O) groups is 2. The molecule has 1 aromatic heterocycles. The number of benzene rings is 3. The standard InChI is InChI=1S/C25H17BrN4O2/c26-19-13-11-17(12-14-19)23-18(16-29(27-23)20-7-3-1-4-8-20)15-22-24(31)28-30(25(22)32)21-9-5-2-6-10-21/h1-16H,(H,28,31)/b22-15+. The highest BCUT2D eigenvalue weighted by molar-refractivity contribution is 9.10. The zero-order valence-corrected chi connectivity index (χ0v) is 18.4. The van der Waals surface area contributed by atoms with Gasteiger partial charge < -0.3 is 0 Å². The Balaban J connectivity index is 1.60. The van der Waals surface area contributed by atoms with E-state index in [0.29, 0.717) is 16.9 Å². The third-order valence-electron chi connectivity index (χ3n) is 5.09. The number of halogens is 1. The minimum atomic E-state index is -0.451. The molecule has 1 fully saturated rings. The van der Waals surface area contributed by atoms with Gasteiger partial charge >= 0.3 is 0 Å². The van der Waals surface area contributed by atoms with Crippen molar-refractivity contribution in [3.05, 3.63) is 107 Å². The van der Waals surface area contributed by atoms with E-state index in [0.717, 1.165) is 15.7 Å². The van der Waals surface area contributed by atoms with E-state index in [9.17, 15) is 9.59 Å². The first-order chi connectivity index (χ1) is 15.6. The zero-order valence-electron chi connectivity index (χ0n) is 16.8. The maximum absolute atomic E-state index is 13.0. The summed E-state index contributed by atoms with van der Waals surface area (Å²) in [6.07, 6.45) is 3.43. The Morgan fingerprint density at radius 2 is 1.44 bits per heavy atom. The van der Waals surface area contributed by atoms with Crippen LogP contribution in [0.15, 0.2) is 101 Å². The van der Waals surface area contributed by atoms with E-state index in [1.165, 1.54) is 5.01 Å². The molecule has 1 aliphatic heterocycles. The van der Waals surface area contributed by atoms with Crippen LogP contribution in [0.1, 0.15) is 5.56 Å². The molecule has 7 heteroatoms. The van der Waals surface area contributed by atoms with Gasteiger partial charge in [0.05, 0.1) is 17.1 Å². The van der Waals surface area contributed by atoms with Gasteiger partial charge in [0, 0.05) is 21.8 Å². The third kappa shape index (κ3) is 3.74. The highest BCUT2D eigenvalue weighted by Gasteiger charge is 2.34. The van der Waals surface area contributed by atoms with Crippen LogP contribution in [-0.4, -0.2) is 21.6 Å². The number of carbonyl (C=O) groups excluding carboxylic acids is 2. The Morgan fingerprint density at radius 1 is 0.812 bits per heavy atom. The predicted octanol–water partition coefficient (Wildman–Crippen LogP) is 4.76. The topological polar surface area (TPSA) is 67.2 Å². The summed E-state index contributed by atoms with van der Waals surface area (Å²) in [5.41, 5.74) is 6.39. The second-order valence-corrected chi connectivity index (χ2v) is 8.11. The molecular formula is C25H17BrN4O2. The molecule has 0 radical (unpaired) electrons. The van der Waals surface area contributed by atoms with Crippen molar-refractivity contribution in [3.63, 3.8) is 0 Å². The molecule has 1 N–H and O–H groups in total. The van der Waals surface area contributed by atoms with Crippen LogP contribution in [-0.2, 0) is 9.59 Å². The maximum Gasteiger partial charge on any atom is 0.282 e. The second-order valence-electron chi connectivity index (χ2n) is 7.20. The molecular weight excluding hydrogens is 468 g/mol. The summed E-state index contributed by atoms with van der Waals surface area (Å²) >= 11 is 3.45. The van der Waals surface area contributed by atoms with Crippen molar-refractivity contribution in [1.82, 2.24) is 15.2 Å². The summed E-state index contributed by atoms with van der Waals surface area (Å²) in [5, 5.41) is 6.01. The van der Waals surface area contributed by atoms with Gasteiger partial charge in [-0.05, 0) is 42.5 Å². The average molecular weight is 485 g/mol. The summed E-state index contributed by atoms with van der Waals surface area (Å²) in [6.45, 7) is 0. The van der Waals surface area contributed by atoms with Gasteiger partial charge in [0.2, 0.25) is 0 Å². The lowest BCUT2D eigenvalue weighted by molar-refractivity contribution is -0.117. The monoisotopic (exact) mass is 484 g/mol. The first-order valence-electron chi connectivity index (χ1n) is 9.93. The molecule has 0 atom stereocenters. The SMILES string of the molecule is O=C1NN(c2ccccc2)C(=O)/C1=C/c1cn(-c2ccccc2)nc1-c1ccc(Br)cc1. The van der Waals surface area contributed by atoms with Crippen LogP contribution in [0.25, 0.3) is 23.0 Å². The molecule has 32 heavy (non-hydrogen) atoms. The van der Waals surface area contributed by atoms with Crippen LogP contribution in [0.4, 0.5) is 5.69 Å². The van der Waals surface area contributed by atoms with Gasteiger partial charge in [0.1, 0.15) is 5.57 Å². The molecule has 4 aromatic rings. The molecule has 156 valence electrons. The van der Waals surface area contributed by atoms with Crippen molar-refractivity contribution in [1.29, 1.82) is 0 Å². The first-order valence-corrected chi connectivity index (χ1v) is 10.7. The lowest BCUT2D eigenvalue weighted by atomic mass is 10.1. The van der Waals surface area contributed by atoms with Crippen molar-refractivity contribution in [2.45, 2.75) is 0 Å². The maximum atomic E-state index is 13.0. The highest BCUT2D eigenvalue weighted by Crippen LogP contribution is 2.29. The number of anilines is 1. The lowest BCUT2D eigenvalue weighted by Crippen LogP contribution is -2.35. The number of hydrogen-bond acceptors (Lipinski definition) is 3. The van der Waals surface area contributed by atoms with Crippen molar-refractivity contribution in [2.75, 3.05) is 5.01 Å². The van der Waals surface area contributed by atoms with Gasteiger partial charge in [-0.15, -0.1) is 0 Å². The largest absolute Gasteiger partial charge is 0.282 e. The normalized spacial score (nSPS) is 14.8. The summed E-state index contributed by atoms with van der Waals surface area (Å²) in [5.74, 6) is -0.858. The van der Waals surface area contributed by atoms with Crippen LogP contribution < -0.4 is 10.4 Å². The van der Waals surface area contributed by atoms with Gasteiger partial charge in [-0.3, -0.25) is 15.0 Å². The minimum absolute atomic E-state index is 0.0554. The van der Waals surface area contributed by atoms with Crippen molar-refractivity contribution >= 4 is 39.5 Å². The number of nitrogens with one attached hydrogen (secondary N) is 1. The van der Waals surface area contributed by atoms with Crippen LogP contribution in [0, 0.1) is 0 Å². The predicted molar refractivity (Wildman–Crippen MR) is 127 cm³/mol. The van der Waals surface area contributed by atoms with Crippen molar-refractivity contribution in [3.8, 4) is 16.9 Å². The number of nitrogens with zero attached hydrogens (tertiary/aromatic N) is 3. The number of hydrazine groups is 1. The van der Waals surface area contributed by atoms with E-state index in [4.69, 9.17) is 5.10 Å². The Hall–Kier alpha value is -3.97. The average Bonchev–Trinajstić information content (AvgIpc) is 3.37. The summed E-state index contributed by atoms with van der Waals surface area (Å²) in [6, 6.07) is 26.4. The van der Waals surface area contributed by atoms with Gasteiger partial charge in [-0.2, -0.15) is 5.10 Å². The molecule has 5 rings (SSSR count). The fourth-order valence-corrected chi connectivity index (χ4v) is 3.77. The van der Waals surface area contributed by atoms with Gasteiger partial charge in [0.25, 0.3) is 11.8 Å². The molecule has 0 saturated carbocycles. The fraction of sp³-hybridized carbons (Fsp3) is 0. The van der Waals surface area contributed by atoms with E-state index in [2.05, 4.69) is 21.4 Å². The number of para-hydroxylation sites is 2. The summed E-state index contributed by atoms with van der Waals surface area (Å²) < 4.78 is 2.70. The van der Waals surface area contributed by atoms with E-state index < -0.39 is 11.8 Å². The molecule has 0 bridgehead atoms. The zero-order chi connectivity index (χ0) is 22.1. The number of rotatable bonds is 4. The Kier molecular flexibility index (Phi) is 5.17. The van der Waals surface area contributed by atoms with Gasteiger partial charge in [-0.25, -0.2) is 9.69 Å². The van der Waals surface area contributed by atoms with Gasteiger partial charge in [0.15, 0.2) is 0 Å². The van der Waals surface area contributed by atoms with E-state index in [1.54, 1.807) is 22.9 Å². The number of hydrogen-bond donors (Lipinski definition) is 1. The molecule has 3 aromatic carbocycles. The fourth-order valence-electron chi connectivity index (χ4n) is 3.51. The molecule has 0 aliphatic carbocycles.